The summed E-state index contributed by atoms with van der Waals surface area (Å²) in [5, 5.41) is 8.91. The van der Waals surface area contributed by atoms with Gasteiger partial charge in [0.15, 0.2) is 0 Å². The van der Waals surface area contributed by atoms with Crippen LogP contribution in [-0.2, 0) is 15.8 Å². The highest BCUT2D eigenvalue weighted by Gasteiger charge is 2.19. The Hall–Kier alpha value is -1.81. The van der Waals surface area contributed by atoms with Gasteiger partial charge in [0.1, 0.15) is 0 Å². The average Bonchev–Trinajstić information content (AvgIpc) is 2.55. The summed E-state index contributed by atoms with van der Waals surface area (Å²) < 4.78 is 27.7. The molecule has 2 aromatic rings. The quantitative estimate of drug-likeness (QED) is 0.836. The summed E-state index contributed by atoms with van der Waals surface area (Å²) in [6.07, 6.45) is 1.95. The third-order valence-electron chi connectivity index (χ3n) is 3.27. The summed E-state index contributed by atoms with van der Waals surface area (Å²) in [4.78, 5) is 0. The van der Waals surface area contributed by atoms with Gasteiger partial charge in [0, 0.05) is 5.75 Å². The molecule has 2 aromatic carbocycles. The predicted molar refractivity (Wildman–Crippen MR) is 94.5 cm³/mol. The minimum atomic E-state index is -3.50. The number of rotatable bonds is 7. The molecule has 120 valence electrons. The van der Waals surface area contributed by atoms with E-state index in [-0.39, 0.29) is 11.8 Å². The zero-order chi connectivity index (χ0) is 16.7. The Kier molecular flexibility index (Phi) is 6.22. The molecule has 0 saturated heterocycles. The Labute approximate surface area is 141 Å². The van der Waals surface area contributed by atoms with E-state index in [1.165, 1.54) is 0 Å². The first-order valence-electron chi connectivity index (χ1n) is 7.07. The zero-order valence-corrected chi connectivity index (χ0v) is 14.4. The Morgan fingerprint density at radius 3 is 2.57 bits per heavy atom. The molecule has 0 heterocycles. The van der Waals surface area contributed by atoms with Crippen molar-refractivity contribution in [2.24, 2.45) is 0 Å². The molecule has 0 radical (unpaired) electrons. The van der Waals surface area contributed by atoms with Crippen molar-refractivity contribution in [1.82, 2.24) is 4.72 Å². The molecule has 0 bridgehead atoms. The highest BCUT2D eigenvalue weighted by Crippen LogP contribution is 2.19. The van der Waals surface area contributed by atoms with Crippen molar-refractivity contribution in [2.75, 3.05) is 12.0 Å². The van der Waals surface area contributed by atoms with Crippen LogP contribution < -0.4 is 4.72 Å². The maximum atomic E-state index is 12.5. The van der Waals surface area contributed by atoms with Crippen LogP contribution in [0.25, 0.3) is 0 Å². The number of nitrogens with zero attached hydrogens (tertiary/aromatic N) is 1. The van der Waals surface area contributed by atoms with Gasteiger partial charge in [0.05, 0.1) is 23.4 Å². The van der Waals surface area contributed by atoms with Crippen LogP contribution in [-0.4, -0.2) is 20.4 Å². The Balaban J connectivity index is 2.16. The van der Waals surface area contributed by atoms with Crippen molar-refractivity contribution in [3.63, 3.8) is 0 Å². The standard InChI is InChI=1S/C17H18N2O2S2/c1-22-12-17(16-8-3-2-4-9-16)19-23(20,21)13-15-7-5-6-14(10-15)11-18/h2-10,17,19H,12-13H2,1H3/t17-/m1/s1. The third-order valence-corrected chi connectivity index (χ3v) is 5.29. The maximum Gasteiger partial charge on any atom is 0.216 e. The summed E-state index contributed by atoms with van der Waals surface area (Å²) >= 11 is 1.59. The molecule has 0 aliphatic carbocycles. The van der Waals surface area contributed by atoms with Crippen molar-refractivity contribution < 1.29 is 8.42 Å². The van der Waals surface area contributed by atoms with Crippen molar-refractivity contribution in [3.8, 4) is 6.07 Å². The molecule has 0 spiro atoms. The molecule has 0 amide bonds. The lowest BCUT2D eigenvalue weighted by Crippen LogP contribution is -2.31. The summed E-state index contributed by atoms with van der Waals surface area (Å²) in [5.74, 6) is 0.516. The van der Waals surface area contributed by atoms with Gasteiger partial charge in [-0.2, -0.15) is 17.0 Å². The molecule has 0 unspecified atom stereocenters. The van der Waals surface area contributed by atoms with Crippen LogP contribution >= 0.6 is 11.8 Å². The molecule has 4 nitrogen and oxygen atoms in total. The number of thioether (sulfide) groups is 1. The van der Waals surface area contributed by atoms with Gasteiger partial charge in [-0.3, -0.25) is 0 Å². The minimum absolute atomic E-state index is 0.139. The van der Waals surface area contributed by atoms with E-state index >= 15 is 0 Å². The first-order valence-corrected chi connectivity index (χ1v) is 10.1. The summed E-state index contributed by atoms with van der Waals surface area (Å²) in [7, 11) is -3.50. The van der Waals surface area contributed by atoms with E-state index in [0.29, 0.717) is 16.9 Å². The molecular formula is C17H18N2O2S2. The van der Waals surface area contributed by atoms with Gasteiger partial charge in [0.2, 0.25) is 10.0 Å². The van der Waals surface area contributed by atoms with Crippen LogP contribution in [0.4, 0.5) is 0 Å². The smallest absolute Gasteiger partial charge is 0.212 e. The van der Waals surface area contributed by atoms with Gasteiger partial charge in [-0.25, -0.2) is 13.1 Å². The molecule has 0 aromatic heterocycles. The Morgan fingerprint density at radius 1 is 1.17 bits per heavy atom. The van der Waals surface area contributed by atoms with Gasteiger partial charge in [0.25, 0.3) is 0 Å². The van der Waals surface area contributed by atoms with Crippen LogP contribution in [0.5, 0.6) is 0 Å². The lowest BCUT2D eigenvalue weighted by Gasteiger charge is -2.18. The van der Waals surface area contributed by atoms with Crippen LogP contribution in [0.2, 0.25) is 0 Å². The maximum absolute atomic E-state index is 12.5. The fraction of sp³-hybridized carbons (Fsp3) is 0.235. The topological polar surface area (TPSA) is 70.0 Å². The molecule has 0 aliphatic heterocycles. The first-order chi connectivity index (χ1) is 11.0. The van der Waals surface area contributed by atoms with Crippen LogP contribution in [0.1, 0.15) is 22.7 Å². The van der Waals surface area contributed by atoms with Crippen LogP contribution in [0.3, 0.4) is 0 Å². The van der Waals surface area contributed by atoms with Crippen molar-refractivity contribution in [1.29, 1.82) is 5.26 Å². The predicted octanol–water partition coefficient (Wildman–Crippen LogP) is 3.08. The van der Waals surface area contributed by atoms with E-state index < -0.39 is 10.0 Å². The minimum Gasteiger partial charge on any atom is -0.212 e. The van der Waals surface area contributed by atoms with Crippen molar-refractivity contribution >= 4 is 21.8 Å². The molecule has 1 N–H and O–H groups in total. The summed E-state index contributed by atoms with van der Waals surface area (Å²) in [5.41, 5.74) is 2.00. The number of sulfonamides is 1. The number of nitriles is 1. The molecular weight excluding hydrogens is 328 g/mol. The Morgan fingerprint density at radius 2 is 1.91 bits per heavy atom. The number of nitrogens with one attached hydrogen (secondary N) is 1. The first kappa shape index (κ1) is 17.5. The summed E-state index contributed by atoms with van der Waals surface area (Å²) in [6.45, 7) is 0. The average molecular weight is 346 g/mol. The van der Waals surface area contributed by atoms with Gasteiger partial charge in [-0.15, -0.1) is 0 Å². The third kappa shape index (κ3) is 5.39. The zero-order valence-electron chi connectivity index (χ0n) is 12.8. The van der Waals surface area contributed by atoms with Gasteiger partial charge in [-0.1, -0.05) is 42.5 Å². The number of hydrogen-bond acceptors (Lipinski definition) is 4. The van der Waals surface area contributed by atoms with Gasteiger partial charge in [-0.05, 0) is 29.5 Å². The molecule has 0 aliphatic rings. The molecule has 6 heteroatoms. The van der Waals surface area contributed by atoms with Crippen molar-refractivity contribution in [2.45, 2.75) is 11.8 Å². The fourth-order valence-electron chi connectivity index (χ4n) is 2.26. The highest BCUT2D eigenvalue weighted by atomic mass is 32.2. The van der Waals surface area contributed by atoms with E-state index in [2.05, 4.69) is 4.72 Å². The molecule has 0 fully saturated rings. The number of hydrogen-bond donors (Lipinski definition) is 1. The van der Waals surface area contributed by atoms with E-state index in [0.717, 1.165) is 5.56 Å². The lowest BCUT2D eigenvalue weighted by molar-refractivity contribution is 0.567. The van der Waals surface area contributed by atoms with E-state index in [9.17, 15) is 8.42 Å². The molecule has 23 heavy (non-hydrogen) atoms. The molecule has 0 saturated carbocycles. The van der Waals surface area contributed by atoms with E-state index in [1.54, 1.807) is 36.0 Å². The Bertz CT molecular complexity index is 784. The molecule has 2 rings (SSSR count). The fourth-order valence-corrected chi connectivity index (χ4v) is 4.33. The van der Waals surface area contributed by atoms with E-state index in [4.69, 9.17) is 5.26 Å². The monoisotopic (exact) mass is 346 g/mol. The second kappa shape index (κ2) is 8.16. The van der Waals surface area contributed by atoms with Gasteiger partial charge >= 0.3 is 0 Å². The second-order valence-electron chi connectivity index (χ2n) is 5.11. The molecule has 1 atom stereocenters. The lowest BCUT2D eigenvalue weighted by atomic mass is 10.1. The normalized spacial score (nSPS) is 12.5. The van der Waals surface area contributed by atoms with Crippen LogP contribution in [0, 0.1) is 11.3 Å². The van der Waals surface area contributed by atoms with Crippen molar-refractivity contribution in [3.05, 3.63) is 71.3 Å². The van der Waals surface area contributed by atoms with Crippen LogP contribution in [0.15, 0.2) is 54.6 Å². The number of benzene rings is 2. The largest absolute Gasteiger partial charge is 0.216 e. The van der Waals surface area contributed by atoms with Gasteiger partial charge < -0.3 is 0 Å². The summed E-state index contributed by atoms with van der Waals surface area (Å²) in [6, 6.07) is 18.0. The second-order valence-corrected chi connectivity index (χ2v) is 7.77. The SMILES string of the molecule is CSC[C@@H](NS(=O)(=O)Cc1cccc(C#N)c1)c1ccccc1. The highest BCUT2D eigenvalue weighted by molar-refractivity contribution is 7.98. The van der Waals surface area contributed by atoms with E-state index in [1.807, 2.05) is 42.7 Å².